The molecule has 0 spiro atoms. The first kappa shape index (κ1) is 17.8. The third kappa shape index (κ3) is 6.99. The largest absolute Gasteiger partial charge is 0.480 e. The highest BCUT2D eigenvalue weighted by molar-refractivity contribution is 5.98. The van der Waals surface area contributed by atoms with Crippen molar-refractivity contribution < 1.29 is 24.2 Å². The second-order valence-electron chi connectivity index (χ2n) is 4.78. The Hall–Kier alpha value is -2.21. The average molecular weight is 307 g/mol. The summed E-state index contributed by atoms with van der Waals surface area (Å²) in [5.41, 5.74) is 1.39. The Morgan fingerprint density at radius 3 is 2.45 bits per heavy atom. The molecule has 0 radical (unpaired) electrons. The average Bonchev–Trinajstić information content (AvgIpc) is 2.47. The van der Waals surface area contributed by atoms with E-state index >= 15 is 0 Å². The number of carboxylic acid groups (broad SMARTS) is 1. The van der Waals surface area contributed by atoms with Gasteiger partial charge in [-0.05, 0) is 42.7 Å². The summed E-state index contributed by atoms with van der Waals surface area (Å²) >= 11 is 0. The minimum absolute atomic E-state index is 0.160. The van der Waals surface area contributed by atoms with Crippen molar-refractivity contribution in [2.45, 2.75) is 32.6 Å². The second kappa shape index (κ2) is 9.68. The van der Waals surface area contributed by atoms with Gasteiger partial charge in [-0.3, -0.25) is 4.79 Å². The molecule has 120 valence electrons. The summed E-state index contributed by atoms with van der Waals surface area (Å²) in [7, 11) is 0. The monoisotopic (exact) mass is 307 g/mol. The summed E-state index contributed by atoms with van der Waals surface area (Å²) in [5.74, 6) is -0.990. The molecule has 0 aromatic heterocycles. The van der Waals surface area contributed by atoms with Crippen molar-refractivity contribution in [2.75, 3.05) is 13.2 Å². The summed E-state index contributed by atoms with van der Waals surface area (Å²) in [6.07, 6.45) is 2.20. The molecule has 0 bridgehead atoms. The van der Waals surface area contributed by atoms with Crippen molar-refractivity contribution in [3.8, 4) is 5.75 Å². The van der Waals surface area contributed by atoms with E-state index in [-0.39, 0.29) is 19.6 Å². The SMILES string of the molecule is CCCC(=N)c1ccc(OC(=O)CCCOCC(=O)O)cc1. The molecule has 1 aromatic rings. The number of esters is 1. The number of carboxylic acids is 1. The minimum atomic E-state index is -1.03. The van der Waals surface area contributed by atoms with Crippen LogP contribution < -0.4 is 4.74 Å². The lowest BCUT2D eigenvalue weighted by molar-refractivity contribution is -0.142. The van der Waals surface area contributed by atoms with Crippen molar-refractivity contribution in [2.24, 2.45) is 0 Å². The topological polar surface area (TPSA) is 96.7 Å². The molecule has 0 fully saturated rings. The van der Waals surface area contributed by atoms with Crippen LogP contribution in [-0.4, -0.2) is 36.0 Å². The predicted octanol–water partition coefficient (Wildman–Crippen LogP) is 2.64. The fourth-order valence-electron chi connectivity index (χ4n) is 1.78. The van der Waals surface area contributed by atoms with Gasteiger partial charge in [-0.15, -0.1) is 0 Å². The third-order valence-corrected chi connectivity index (χ3v) is 2.83. The maximum atomic E-state index is 11.6. The molecule has 0 aliphatic carbocycles. The summed E-state index contributed by atoms with van der Waals surface area (Å²) in [6.45, 7) is 1.86. The molecule has 0 aliphatic rings. The van der Waals surface area contributed by atoms with E-state index in [1.807, 2.05) is 6.92 Å². The summed E-state index contributed by atoms with van der Waals surface area (Å²) in [4.78, 5) is 21.8. The Balaban J connectivity index is 2.32. The third-order valence-electron chi connectivity index (χ3n) is 2.83. The zero-order valence-electron chi connectivity index (χ0n) is 12.6. The highest BCUT2D eigenvalue weighted by Gasteiger charge is 2.06. The minimum Gasteiger partial charge on any atom is -0.480 e. The molecular weight excluding hydrogens is 286 g/mol. The van der Waals surface area contributed by atoms with Gasteiger partial charge in [0.2, 0.25) is 0 Å². The van der Waals surface area contributed by atoms with E-state index in [4.69, 9.17) is 20.0 Å². The van der Waals surface area contributed by atoms with Gasteiger partial charge < -0.3 is 20.0 Å². The zero-order valence-corrected chi connectivity index (χ0v) is 12.6. The van der Waals surface area contributed by atoms with Crippen LogP contribution >= 0.6 is 0 Å². The molecule has 0 atom stereocenters. The molecule has 0 heterocycles. The Morgan fingerprint density at radius 1 is 1.18 bits per heavy atom. The number of carbonyl (C=O) groups excluding carboxylic acids is 1. The molecule has 1 aromatic carbocycles. The van der Waals surface area contributed by atoms with Crippen LogP contribution in [-0.2, 0) is 14.3 Å². The Morgan fingerprint density at radius 2 is 1.86 bits per heavy atom. The molecule has 2 N–H and O–H groups in total. The molecule has 0 aliphatic heterocycles. The fraction of sp³-hybridized carbons (Fsp3) is 0.438. The first-order chi connectivity index (χ1) is 10.5. The zero-order chi connectivity index (χ0) is 16.4. The molecule has 0 saturated heterocycles. The predicted molar refractivity (Wildman–Crippen MR) is 81.5 cm³/mol. The van der Waals surface area contributed by atoms with E-state index in [9.17, 15) is 9.59 Å². The van der Waals surface area contributed by atoms with Crippen LogP contribution in [0.15, 0.2) is 24.3 Å². The number of hydrogen-bond acceptors (Lipinski definition) is 5. The van der Waals surface area contributed by atoms with Gasteiger partial charge in [0.1, 0.15) is 12.4 Å². The van der Waals surface area contributed by atoms with Crippen molar-refractivity contribution in [3.05, 3.63) is 29.8 Å². The lowest BCUT2D eigenvalue weighted by Gasteiger charge is -2.06. The van der Waals surface area contributed by atoms with Gasteiger partial charge in [0.05, 0.1) is 0 Å². The Labute approximate surface area is 129 Å². The van der Waals surface area contributed by atoms with E-state index in [1.54, 1.807) is 24.3 Å². The second-order valence-corrected chi connectivity index (χ2v) is 4.78. The Kier molecular flexibility index (Phi) is 7.85. The number of rotatable bonds is 10. The molecule has 22 heavy (non-hydrogen) atoms. The summed E-state index contributed by atoms with van der Waals surface area (Å²) in [5, 5.41) is 16.2. The maximum absolute atomic E-state index is 11.6. The quantitative estimate of drug-likeness (QED) is 0.300. The van der Waals surface area contributed by atoms with Gasteiger partial charge >= 0.3 is 11.9 Å². The molecule has 0 saturated carbocycles. The number of benzene rings is 1. The van der Waals surface area contributed by atoms with Crippen molar-refractivity contribution in [1.82, 2.24) is 0 Å². The number of aliphatic carboxylic acids is 1. The molecule has 6 nitrogen and oxygen atoms in total. The van der Waals surface area contributed by atoms with Gasteiger partial charge in [0, 0.05) is 18.7 Å². The standard InChI is InChI=1S/C16H21NO5/c1-2-4-14(17)12-6-8-13(9-7-12)22-16(20)5-3-10-21-11-15(18)19/h6-9,17H,2-5,10-11H2,1H3,(H,18,19). The smallest absolute Gasteiger partial charge is 0.329 e. The first-order valence-corrected chi connectivity index (χ1v) is 7.21. The van der Waals surface area contributed by atoms with Crippen LogP contribution in [0.3, 0.4) is 0 Å². The normalized spacial score (nSPS) is 10.2. The molecular formula is C16H21NO5. The number of hydrogen-bond donors (Lipinski definition) is 2. The number of nitrogens with one attached hydrogen (secondary N) is 1. The lowest BCUT2D eigenvalue weighted by Crippen LogP contribution is -2.11. The number of ether oxygens (including phenoxy) is 2. The summed E-state index contributed by atoms with van der Waals surface area (Å²) < 4.78 is 9.99. The van der Waals surface area contributed by atoms with Crippen LogP contribution in [0.25, 0.3) is 0 Å². The van der Waals surface area contributed by atoms with Gasteiger partial charge in [-0.1, -0.05) is 13.3 Å². The van der Waals surface area contributed by atoms with Gasteiger partial charge in [0.25, 0.3) is 0 Å². The highest BCUT2D eigenvalue weighted by atomic mass is 16.5. The molecule has 0 amide bonds. The van der Waals surface area contributed by atoms with E-state index < -0.39 is 11.9 Å². The van der Waals surface area contributed by atoms with E-state index in [1.165, 1.54) is 0 Å². The van der Waals surface area contributed by atoms with Crippen molar-refractivity contribution in [1.29, 1.82) is 5.41 Å². The van der Waals surface area contributed by atoms with Crippen LogP contribution in [0.4, 0.5) is 0 Å². The van der Waals surface area contributed by atoms with Crippen molar-refractivity contribution >= 4 is 17.7 Å². The first-order valence-electron chi connectivity index (χ1n) is 7.21. The highest BCUT2D eigenvalue weighted by Crippen LogP contribution is 2.15. The van der Waals surface area contributed by atoms with E-state index in [0.717, 1.165) is 18.4 Å². The van der Waals surface area contributed by atoms with Gasteiger partial charge in [0.15, 0.2) is 0 Å². The van der Waals surface area contributed by atoms with Crippen molar-refractivity contribution in [3.63, 3.8) is 0 Å². The van der Waals surface area contributed by atoms with Gasteiger partial charge in [-0.2, -0.15) is 0 Å². The summed E-state index contributed by atoms with van der Waals surface area (Å²) in [6, 6.07) is 6.85. The Bertz CT molecular complexity index is 510. The molecule has 0 unspecified atom stereocenters. The van der Waals surface area contributed by atoms with E-state index in [2.05, 4.69) is 0 Å². The molecule has 1 rings (SSSR count). The van der Waals surface area contributed by atoms with Gasteiger partial charge in [-0.25, -0.2) is 4.79 Å². The lowest BCUT2D eigenvalue weighted by atomic mass is 10.1. The van der Waals surface area contributed by atoms with Crippen LogP contribution in [0.5, 0.6) is 5.75 Å². The fourth-order valence-corrected chi connectivity index (χ4v) is 1.78. The molecule has 6 heteroatoms. The van der Waals surface area contributed by atoms with E-state index in [0.29, 0.717) is 17.9 Å². The van der Waals surface area contributed by atoms with Crippen LogP contribution in [0, 0.1) is 5.41 Å². The maximum Gasteiger partial charge on any atom is 0.329 e. The van der Waals surface area contributed by atoms with Crippen LogP contribution in [0.1, 0.15) is 38.2 Å². The van der Waals surface area contributed by atoms with Crippen LogP contribution in [0.2, 0.25) is 0 Å². The number of carbonyl (C=O) groups is 2.